The molecule has 132 valence electrons. The number of hydrogen-bond acceptors (Lipinski definition) is 3. The SMILES string of the molecule is CCCC(N)C(=O)NC(c1cccc(Cl)c1)c1ccccn1.Cl.Cl. The number of rotatable bonds is 6. The Kier molecular flexibility index (Phi) is 10.6. The summed E-state index contributed by atoms with van der Waals surface area (Å²) in [5.74, 6) is -0.183. The molecule has 0 spiro atoms. The van der Waals surface area contributed by atoms with Crippen LogP contribution in [-0.4, -0.2) is 16.9 Å². The lowest BCUT2D eigenvalue weighted by atomic mass is 10.0. The maximum atomic E-state index is 12.3. The molecule has 24 heavy (non-hydrogen) atoms. The van der Waals surface area contributed by atoms with E-state index >= 15 is 0 Å². The summed E-state index contributed by atoms with van der Waals surface area (Å²) in [7, 11) is 0. The highest BCUT2D eigenvalue weighted by molar-refractivity contribution is 6.30. The van der Waals surface area contributed by atoms with Gasteiger partial charge in [-0.1, -0.05) is 43.1 Å². The summed E-state index contributed by atoms with van der Waals surface area (Å²) in [4.78, 5) is 16.6. The van der Waals surface area contributed by atoms with Crippen molar-refractivity contribution < 1.29 is 4.79 Å². The van der Waals surface area contributed by atoms with Gasteiger partial charge in [0.2, 0.25) is 5.91 Å². The zero-order chi connectivity index (χ0) is 15.9. The second-order valence-corrected chi connectivity index (χ2v) is 5.58. The number of hydrogen-bond donors (Lipinski definition) is 2. The van der Waals surface area contributed by atoms with Crippen LogP contribution >= 0.6 is 36.4 Å². The number of nitrogens with two attached hydrogens (primary N) is 1. The molecule has 1 aromatic carbocycles. The highest BCUT2D eigenvalue weighted by Gasteiger charge is 2.21. The fourth-order valence-electron chi connectivity index (χ4n) is 2.25. The minimum Gasteiger partial charge on any atom is -0.342 e. The second kappa shape index (κ2) is 11.3. The lowest BCUT2D eigenvalue weighted by Crippen LogP contribution is -2.42. The molecular weight excluding hydrogens is 369 g/mol. The van der Waals surface area contributed by atoms with Crippen molar-refractivity contribution in [2.24, 2.45) is 5.73 Å². The molecule has 0 saturated heterocycles. The van der Waals surface area contributed by atoms with Crippen LogP contribution in [0, 0.1) is 0 Å². The summed E-state index contributed by atoms with van der Waals surface area (Å²) >= 11 is 6.07. The summed E-state index contributed by atoms with van der Waals surface area (Å²) in [6.07, 6.45) is 3.21. The van der Waals surface area contributed by atoms with Gasteiger partial charge in [0.05, 0.1) is 17.8 Å². The summed E-state index contributed by atoms with van der Waals surface area (Å²) in [5.41, 5.74) is 7.53. The summed E-state index contributed by atoms with van der Waals surface area (Å²) < 4.78 is 0. The summed E-state index contributed by atoms with van der Waals surface area (Å²) in [6.45, 7) is 2.00. The molecule has 3 N–H and O–H groups in total. The number of carbonyl (C=O) groups is 1. The fraction of sp³-hybridized carbons (Fsp3) is 0.294. The Hall–Kier alpha value is -1.33. The predicted molar refractivity (Wildman–Crippen MR) is 103 cm³/mol. The van der Waals surface area contributed by atoms with Gasteiger partial charge in [-0.2, -0.15) is 0 Å². The molecule has 1 aromatic heterocycles. The maximum absolute atomic E-state index is 12.3. The molecule has 0 fully saturated rings. The number of nitrogens with zero attached hydrogens (tertiary/aromatic N) is 1. The predicted octanol–water partition coefficient (Wildman–Crippen LogP) is 3.91. The third-order valence-electron chi connectivity index (χ3n) is 3.39. The molecule has 0 aliphatic heterocycles. The van der Waals surface area contributed by atoms with E-state index < -0.39 is 6.04 Å². The average molecular weight is 391 g/mol. The van der Waals surface area contributed by atoms with Crippen molar-refractivity contribution in [3.8, 4) is 0 Å². The molecule has 0 radical (unpaired) electrons. The fourth-order valence-corrected chi connectivity index (χ4v) is 2.45. The Bertz CT molecular complexity index is 625. The van der Waals surface area contributed by atoms with Gasteiger partial charge in [0.15, 0.2) is 0 Å². The number of pyridine rings is 1. The summed E-state index contributed by atoms with van der Waals surface area (Å²) in [6, 6.07) is 12.1. The molecule has 2 rings (SSSR count). The minimum atomic E-state index is -0.518. The van der Waals surface area contributed by atoms with Crippen molar-refractivity contribution in [2.45, 2.75) is 31.8 Å². The number of amides is 1. The topological polar surface area (TPSA) is 68.0 Å². The van der Waals surface area contributed by atoms with Crippen LogP contribution in [0.5, 0.6) is 0 Å². The molecule has 2 unspecified atom stereocenters. The number of nitrogens with one attached hydrogen (secondary N) is 1. The van der Waals surface area contributed by atoms with Crippen LogP contribution in [0.2, 0.25) is 5.02 Å². The van der Waals surface area contributed by atoms with Crippen LogP contribution in [-0.2, 0) is 4.79 Å². The van der Waals surface area contributed by atoms with Crippen molar-refractivity contribution in [3.05, 3.63) is 64.9 Å². The zero-order valence-electron chi connectivity index (χ0n) is 13.3. The van der Waals surface area contributed by atoms with Crippen molar-refractivity contribution in [2.75, 3.05) is 0 Å². The van der Waals surface area contributed by atoms with E-state index in [4.69, 9.17) is 17.3 Å². The van der Waals surface area contributed by atoms with Gasteiger partial charge in [0.1, 0.15) is 0 Å². The lowest BCUT2D eigenvalue weighted by Gasteiger charge is -2.21. The normalized spacial score (nSPS) is 12.3. The monoisotopic (exact) mass is 389 g/mol. The van der Waals surface area contributed by atoms with E-state index in [1.165, 1.54) is 0 Å². The van der Waals surface area contributed by atoms with E-state index in [1.807, 2.05) is 43.3 Å². The van der Waals surface area contributed by atoms with Gasteiger partial charge in [0.25, 0.3) is 0 Å². The number of halogens is 3. The van der Waals surface area contributed by atoms with Gasteiger partial charge in [-0.25, -0.2) is 0 Å². The Morgan fingerprint density at radius 2 is 2.00 bits per heavy atom. The van der Waals surface area contributed by atoms with E-state index in [0.717, 1.165) is 17.7 Å². The maximum Gasteiger partial charge on any atom is 0.237 e. The molecule has 1 heterocycles. The first kappa shape index (κ1) is 22.7. The van der Waals surface area contributed by atoms with Gasteiger partial charge in [-0.05, 0) is 36.2 Å². The van der Waals surface area contributed by atoms with Gasteiger partial charge < -0.3 is 11.1 Å². The quantitative estimate of drug-likeness (QED) is 0.785. The van der Waals surface area contributed by atoms with Crippen LogP contribution in [0.1, 0.15) is 37.1 Å². The van der Waals surface area contributed by atoms with Gasteiger partial charge in [-0.15, -0.1) is 24.8 Å². The van der Waals surface area contributed by atoms with E-state index in [1.54, 1.807) is 12.3 Å². The van der Waals surface area contributed by atoms with Crippen molar-refractivity contribution in [1.82, 2.24) is 10.3 Å². The molecule has 0 bridgehead atoms. The van der Waals surface area contributed by atoms with Gasteiger partial charge in [-0.3, -0.25) is 9.78 Å². The lowest BCUT2D eigenvalue weighted by molar-refractivity contribution is -0.123. The number of carbonyl (C=O) groups excluding carboxylic acids is 1. The first-order valence-corrected chi connectivity index (χ1v) is 7.72. The molecule has 7 heteroatoms. The minimum absolute atomic E-state index is 0. The van der Waals surface area contributed by atoms with E-state index in [-0.39, 0.29) is 36.8 Å². The van der Waals surface area contributed by atoms with Gasteiger partial charge in [0, 0.05) is 11.2 Å². The Labute approximate surface area is 160 Å². The Morgan fingerprint density at radius 1 is 1.25 bits per heavy atom. The Morgan fingerprint density at radius 3 is 2.58 bits per heavy atom. The first-order valence-electron chi connectivity index (χ1n) is 7.34. The Balaban J connectivity index is 0.00000264. The molecule has 0 aliphatic rings. The second-order valence-electron chi connectivity index (χ2n) is 5.15. The third kappa shape index (κ3) is 6.29. The molecule has 0 aliphatic carbocycles. The zero-order valence-corrected chi connectivity index (χ0v) is 15.7. The van der Waals surface area contributed by atoms with Crippen LogP contribution in [0.4, 0.5) is 0 Å². The van der Waals surface area contributed by atoms with Crippen LogP contribution in [0.25, 0.3) is 0 Å². The van der Waals surface area contributed by atoms with Crippen LogP contribution < -0.4 is 11.1 Å². The molecule has 2 atom stereocenters. The van der Waals surface area contributed by atoms with Crippen molar-refractivity contribution >= 4 is 42.3 Å². The number of benzene rings is 1. The molecule has 0 saturated carbocycles. The third-order valence-corrected chi connectivity index (χ3v) is 3.62. The van der Waals surface area contributed by atoms with Crippen LogP contribution in [0.15, 0.2) is 48.7 Å². The van der Waals surface area contributed by atoms with E-state index in [2.05, 4.69) is 10.3 Å². The largest absolute Gasteiger partial charge is 0.342 e. The average Bonchev–Trinajstić information content (AvgIpc) is 2.53. The summed E-state index contributed by atoms with van der Waals surface area (Å²) in [5, 5.41) is 3.59. The highest BCUT2D eigenvalue weighted by atomic mass is 35.5. The first-order chi connectivity index (χ1) is 10.6. The van der Waals surface area contributed by atoms with Crippen molar-refractivity contribution in [3.63, 3.8) is 0 Å². The molecule has 1 amide bonds. The molecule has 2 aromatic rings. The van der Waals surface area contributed by atoms with Crippen molar-refractivity contribution in [1.29, 1.82) is 0 Å². The van der Waals surface area contributed by atoms with Gasteiger partial charge >= 0.3 is 0 Å². The van der Waals surface area contributed by atoms with Crippen LogP contribution in [0.3, 0.4) is 0 Å². The highest BCUT2D eigenvalue weighted by Crippen LogP contribution is 2.23. The van der Waals surface area contributed by atoms with E-state index in [0.29, 0.717) is 11.4 Å². The standard InChI is InChI=1S/C17H20ClN3O.2ClH/c1-2-6-14(19)17(22)21-16(15-9-3-4-10-20-15)12-7-5-8-13(18)11-12;;/h3-5,7-11,14,16H,2,6,19H2,1H3,(H,21,22);2*1H. The smallest absolute Gasteiger partial charge is 0.237 e. The van der Waals surface area contributed by atoms with E-state index in [9.17, 15) is 4.79 Å². The molecular formula is C17H22Cl3N3O. The number of aromatic nitrogens is 1. The molecule has 4 nitrogen and oxygen atoms in total.